The van der Waals surface area contributed by atoms with Crippen LogP contribution in [0.5, 0.6) is 0 Å². The SMILES string of the molecule is CC(=O)Nc1sc(C)c(C)c1C(=O)OCc1ccc(Cl)cc1. The average molecular weight is 338 g/mol. The van der Waals surface area contributed by atoms with Gasteiger partial charge in [-0.05, 0) is 37.1 Å². The maximum atomic E-state index is 12.3. The Hall–Kier alpha value is -1.85. The van der Waals surface area contributed by atoms with E-state index in [-0.39, 0.29) is 12.5 Å². The van der Waals surface area contributed by atoms with Gasteiger partial charge in [0.15, 0.2) is 0 Å². The molecule has 0 saturated carbocycles. The third kappa shape index (κ3) is 3.87. The first kappa shape index (κ1) is 16.5. The predicted octanol–water partition coefficient (Wildman–Crippen LogP) is 4.33. The fourth-order valence-electron chi connectivity index (χ4n) is 1.92. The van der Waals surface area contributed by atoms with Gasteiger partial charge in [0, 0.05) is 16.8 Å². The maximum Gasteiger partial charge on any atom is 0.341 e. The van der Waals surface area contributed by atoms with Crippen molar-refractivity contribution in [2.45, 2.75) is 27.4 Å². The second-order valence-corrected chi connectivity index (χ2v) is 6.53. The van der Waals surface area contributed by atoms with Crippen LogP contribution in [0.15, 0.2) is 24.3 Å². The number of benzene rings is 1. The van der Waals surface area contributed by atoms with Crippen LogP contribution in [0.3, 0.4) is 0 Å². The standard InChI is InChI=1S/C16H16ClNO3S/c1-9-10(2)22-15(18-11(3)19)14(9)16(20)21-8-12-4-6-13(17)7-5-12/h4-7H,8H2,1-3H3,(H,18,19). The van der Waals surface area contributed by atoms with Crippen LogP contribution < -0.4 is 5.32 Å². The van der Waals surface area contributed by atoms with Crippen molar-refractivity contribution in [2.75, 3.05) is 5.32 Å². The van der Waals surface area contributed by atoms with Crippen molar-refractivity contribution < 1.29 is 14.3 Å². The molecule has 0 spiro atoms. The first-order valence-corrected chi connectivity index (χ1v) is 7.87. The van der Waals surface area contributed by atoms with Crippen LogP contribution in [0, 0.1) is 13.8 Å². The van der Waals surface area contributed by atoms with Gasteiger partial charge in [-0.25, -0.2) is 4.79 Å². The Morgan fingerprint density at radius 2 is 1.86 bits per heavy atom. The number of carbonyl (C=O) groups is 2. The van der Waals surface area contributed by atoms with Crippen molar-refractivity contribution in [3.63, 3.8) is 0 Å². The van der Waals surface area contributed by atoms with E-state index in [0.717, 1.165) is 16.0 Å². The lowest BCUT2D eigenvalue weighted by atomic mass is 10.1. The summed E-state index contributed by atoms with van der Waals surface area (Å²) in [5.41, 5.74) is 2.10. The van der Waals surface area contributed by atoms with Crippen molar-refractivity contribution in [1.82, 2.24) is 0 Å². The number of rotatable bonds is 4. The molecule has 0 aliphatic heterocycles. The predicted molar refractivity (Wildman–Crippen MR) is 88.7 cm³/mol. The van der Waals surface area contributed by atoms with Crippen LogP contribution in [0.4, 0.5) is 5.00 Å². The van der Waals surface area contributed by atoms with E-state index in [1.165, 1.54) is 18.3 Å². The minimum absolute atomic E-state index is 0.157. The third-order valence-electron chi connectivity index (χ3n) is 3.16. The van der Waals surface area contributed by atoms with E-state index < -0.39 is 5.97 Å². The van der Waals surface area contributed by atoms with E-state index in [0.29, 0.717) is 15.6 Å². The lowest BCUT2D eigenvalue weighted by molar-refractivity contribution is -0.114. The number of esters is 1. The number of nitrogens with one attached hydrogen (secondary N) is 1. The number of ether oxygens (including phenoxy) is 1. The molecule has 0 unspecified atom stereocenters. The molecule has 1 heterocycles. The van der Waals surface area contributed by atoms with Gasteiger partial charge < -0.3 is 10.1 Å². The number of hydrogen-bond donors (Lipinski definition) is 1. The topological polar surface area (TPSA) is 55.4 Å². The summed E-state index contributed by atoms with van der Waals surface area (Å²) in [7, 11) is 0. The Balaban J connectivity index is 2.15. The monoisotopic (exact) mass is 337 g/mol. The van der Waals surface area contributed by atoms with E-state index in [1.54, 1.807) is 24.3 Å². The Morgan fingerprint density at radius 3 is 2.45 bits per heavy atom. The van der Waals surface area contributed by atoms with Crippen LogP contribution >= 0.6 is 22.9 Å². The molecule has 0 radical (unpaired) electrons. The summed E-state index contributed by atoms with van der Waals surface area (Å²) >= 11 is 7.19. The molecule has 0 aliphatic rings. The zero-order chi connectivity index (χ0) is 16.3. The van der Waals surface area contributed by atoms with Gasteiger partial charge in [0.2, 0.25) is 5.91 Å². The second kappa shape index (κ2) is 6.94. The molecule has 4 nitrogen and oxygen atoms in total. The minimum atomic E-state index is -0.444. The first-order valence-electron chi connectivity index (χ1n) is 6.67. The van der Waals surface area contributed by atoms with E-state index in [9.17, 15) is 9.59 Å². The number of halogens is 1. The number of aryl methyl sites for hydroxylation is 1. The van der Waals surface area contributed by atoms with Crippen molar-refractivity contribution in [3.8, 4) is 0 Å². The van der Waals surface area contributed by atoms with Gasteiger partial charge in [-0.2, -0.15) is 0 Å². The molecule has 0 aliphatic carbocycles. The zero-order valence-corrected chi connectivity index (χ0v) is 14.1. The van der Waals surface area contributed by atoms with E-state index >= 15 is 0 Å². The molecular weight excluding hydrogens is 322 g/mol. The van der Waals surface area contributed by atoms with Gasteiger partial charge in [-0.3, -0.25) is 4.79 Å². The molecule has 1 aromatic heterocycles. The largest absolute Gasteiger partial charge is 0.457 e. The number of thiophene rings is 1. The lowest BCUT2D eigenvalue weighted by Gasteiger charge is -2.07. The van der Waals surface area contributed by atoms with Gasteiger partial charge in [0.05, 0.1) is 5.56 Å². The molecule has 0 fully saturated rings. The smallest absolute Gasteiger partial charge is 0.341 e. The summed E-state index contributed by atoms with van der Waals surface area (Å²) in [5.74, 6) is -0.659. The molecule has 2 rings (SSSR count). The van der Waals surface area contributed by atoms with Crippen molar-refractivity contribution in [3.05, 3.63) is 50.9 Å². The fourth-order valence-corrected chi connectivity index (χ4v) is 3.14. The highest BCUT2D eigenvalue weighted by Gasteiger charge is 2.21. The molecule has 0 atom stereocenters. The van der Waals surface area contributed by atoms with Gasteiger partial charge in [0.1, 0.15) is 11.6 Å². The third-order valence-corrected chi connectivity index (χ3v) is 4.54. The molecule has 1 N–H and O–H groups in total. The second-order valence-electron chi connectivity index (χ2n) is 4.87. The molecule has 22 heavy (non-hydrogen) atoms. The average Bonchev–Trinajstić information content (AvgIpc) is 2.72. The van der Waals surface area contributed by atoms with Crippen LogP contribution in [0.1, 0.15) is 33.3 Å². The number of hydrogen-bond acceptors (Lipinski definition) is 4. The Morgan fingerprint density at radius 1 is 1.23 bits per heavy atom. The highest BCUT2D eigenvalue weighted by molar-refractivity contribution is 7.16. The van der Waals surface area contributed by atoms with Gasteiger partial charge >= 0.3 is 5.97 Å². The summed E-state index contributed by atoms with van der Waals surface area (Å²) < 4.78 is 5.34. The summed E-state index contributed by atoms with van der Waals surface area (Å²) in [5, 5.41) is 3.85. The highest BCUT2D eigenvalue weighted by Crippen LogP contribution is 2.33. The van der Waals surface area contributed by atoms with Crippen molar-refractivity contribution >= 4 is 39.8 Å². The van der Waals surface area contributed by atoms with Crippen LogP contribution in [-0.2, 0) is 16.1 Å². The van der Waals surface area contributed by atoms with E-state index in [4.69, 9.17) is 16.3 Å². The molecule has 0 bridgehead atoms. The molecule has 116 valence electrons. The van der Waals surface area contributed by atoms with E-state index in [2.05, 4.69) is 5.32 Å². The zero-order valence-electron chi connectivity index (χ0n) is 12.5. The summed E-state index contributed by atoms with van der Waals surface area (Å²) in [4.78, 5) is 24.6. The molecule has 2 aromatic rings. The van der Waals surface area contributed by atoms with Gasteiger partial charge in [-0.1, -0.05) is 23.7 Å². The number of carbonyl (C=O) groups excluding carboxylic acids is 2. The quantitative estimate of drug-likeness (QED) is 0.845. The minimum Gasteiger partial charge on any atom is -0.457 e. The normalized spacial score (nSPS) is 10.4. The molecule has 0 saturated heterocycles. The maximum absolute atomic E-state index is 12.3. The molecule has 6 heteroatoms. The highest BCUT2D eigenvalue weighted by atomic mass is 35.5. The lowest BCUT2D eigenvalue weighted by Crippen LogP contribution is -2.11. The summed E-state index contributed by atoms with van der Waals surface area (Å²) in [6.07, 6.45) is 0. The number of anilines is 1. The summed E-state index contributed by atoms with van der Waals surface area (Å²) in [6.45, 7) is 5.31. The van der Waals surface area contributed by atoms with Gasteiger partial charge in [0.25, 0.3) is 0 Å². The summed E-state index contributed by atoms with van der Waals surface area (Å²) in [6, 6.07) is 7.09. The first-order chi connectivity index (χ1) is 10.4. The van der Waals surface area contributed by atoms with Crippen LogP contribution in [0.2, 0.25) is 5.02 Å². The van der Waals surface area contributed by atoms with E-state index in [1.807, 2.05) is 13.8 Å². The van der Waals surface area contributed by atoms with Crippen LogP contribution in [0.25, 0.3) is 0 Å². The number of amides is 1. The Bertz CT molecular complexity index is 707. The Labute approximate surface area is 138 Å². The molecular formula is C16H16ClNO3S. The fraction of sp³-hybridized carbons (Fsp3) is 0.250. The molecule has 1 aromatic carbocycles. The van der Waals surface area contributed by atoms with Gasteiger partial charge in [-0.15, -0.1) is 11.3 Å². The molecule has 1 amide bonds. The van der Waals surface area contributed by atoms with Crippen LogP contribution in [-0.4, -0.2) is 11.9 Å². The van der Waals surface area contributed by atoms with Crippen molar-refractivity contribution in [1.29, 1.82) is 0 Å². The Kier molecular flexibility index (Phi) is 5.21. The van der Waals surface area contributed by atoms with Crippen molar-refractivity contribution in [2.24, 2.45) is 0 Å².